The minimum Gasteiger partial charge on any atom is -0.395 e. The Morgan fingerprint density at radius 1 is 1.22 bits per heavy atom. The van der Waals surface area contributed by atoms with Crippen LogP contribution in [0.5, 0.6) is 0 Å². The van der Waals surface area contributed by atoms with Crippen molar-refractivity contribution in [1.82, 2.24) is 23.1 Å². The number of fused-ring (bicyclic) bond motifs is 3. The first-order valence-electron chi connectivity index (χ1n) is 8.45. The number of imidazole rings is 2. The Morgan fingerprint density at radius 3 is 2.70 bits per heavy atom. The highest BCUT2D eigenvalue weighted by Gasteiger charge is 2.20. The monoisotopic (exact) mass is 387 g/mol. The molecule has 0 saturated heterocycles. The molecule has 0 atom stereocenters. The number of nitrogens with zero attached hydrogens (tertiary/aromatic N) is 5. The van der Waals surface area contributed by atoms with E-state index in [4.69, 9.17) is 11.6 Å². The maximum absolute atomic E-state index is 13.1. The van der Waals surface area contributed by atoms with E-state index in [0.717, 1.165) is 11.3 Å². The lowest BCUT2D eigenvalue weighted by Crippen LogP contribution is -2.39. The molecule has 4 aromatic rings. The number of aliphatic hydroxyl groups is 1. The second kappa shape index (κ2) is 6.40. The van der Waals surface area contributed by atoms with Crippen molar-refractivity contribution >= 4 is 28.5 Å². The molecule has 0 aliphatic rings. The van der Waals surface area contributed by atoms with Crippen molar-refractivity contribution in [2.75, 3.05) is 6.61 Å². The van der Waals surface area contributed by atoms with Gasteiger partial charge >= 0.3 is 5.69 Å². The van der Waals surface area contributed by atoms with Gasteiger partial charge in [-0.15, -0.1) is 0 Å². The molecule has 3 aromatic heterocycles. The third-order valence-electron chi connectivity index (χ3n) is 4.69. The molecule has 0 radical (unpaired) electrons. The molecule has 8 nitrogen and oxygen atoms in total. The molecule has 0 bridgehead atoms. The standard InChI is InChI=1S/C18H18ClN5O3/c1-11-9-23-14-15(20-17(23)22(11)6-7-25)21(2)18(27)24(16(14)26)10-12-4-3-5-13(19)8-12/h3-5,8-9,25H,6-7,10H2,1-2H3. The summed E-state index contributed by atoms with van der Waals surface area (Å²) < 4.78 is 6.04. The van der Waals surface area contributed by atoms with E-state index in [0.29, 0.717) is 28.5 Å². The number of aliphatic hydroxyl groups excluding tert-OH is 1. The van der Waals surface area contributed by atoms with Crippen molar-refractivity contribution in [2.45, 2.75) is 20.0 Å². The van der Waals surface area contributed by atoms with E-state index in [-0.39, 0.29) is 13.2 Å². The first kappa shape index (κ1) is 17.6. The molecule has 27 heavy (non-hydrogen) atoms. The Hall–Kier alpha value is -2.84. The number of aromatic nitrogens is 5. The molecule has 0 aliphatic carbocycles. The Balaban J connectivity index is 2.01. The normalized spacial score (nSPS) is 11.7. The van der Waals surface area contributed by atoms with E-state index in [1.807, 2.05) is 17.6 Å². The van der Waals surface area contributed by atoms with Crippen molar-refractivity contribution in [3.05, 3.63) is 67.6 Å². The molecule has 0 saturated carbocycles. The summed E-state index contributed by atoms with van der Waals surface area (Å²) in [5, 5.41) is 9.83. The van der Waals surface area contributed by atoms with Gasteiger partial charge in [0.2, 0.25) is 5.78 Å². The van der Waals surface area contributed by atoms with Gasteiger partial charge in [-0.05, 0) is 24.6 Å². The molecule has 0 fully saturated rings. The Morgan fingerprint density at radius 2 is 2.00 bits per heavy atom. The summed E-state index contributed by atoms with van der Waals surface area (Å²) in [4.78, 5) is 30.4. The quantitative estimate of drug-likeness (QED) is 0.569. The highest BCUT2D eigenvalue weighted by Crippen LogP contribution is 2.16. The summed E-state index contributed by atoms with van der Waals surface area (Å²) in [6.07, 6.45) is 1.79. The Kier molecular flexibility index (Phi) is 4.16. The first-order valence-corrected chi connectivity index (χ1v) is 8.83. The van der Waals surface area contributed by atoms with Crippen LogP contribution < -0.4 is 11.2 Å². The highest BCUT2D eigenvalue weighted by atomic mass is 35.5. The van der Waals surface area contributed by atoms with Gasteiger partial charge in [0.1, 0.15) is 0 Å². The van der Waals surface area contributed by atoms with Crippen molar-refractivity contribution in [1.29, 1.82) is 0 Å². The van der Waals surface area contributed by atoms with Gasteiger partial charge in [0, 0.05) is 30.5 Å². The topological polar surface area (TPSA) is 86.5 Å². The second-order valence-electron chi connectivity index (χ2n) is 6.46. The van der Waals surface area contributed by atoms with Gasteiger partial charge in [-0.25, -0.2) is 4.79 Å². The number of benzene rings is 1. The number of hydrogen-bond donors (Lipinski definition) is 1. The summed E-state index contributed by atoms with van der Waals surface area (Å²) >= 11 is 6.02. The van der Waals surface area contributed by atoms with E-state index in [1.54, 1.807) is 35.8 Å². The zero-order valence-electron chi connectivity index (χ0n) is 14.9. The fourth-order valence-corrected chi connectivity index (χ4v) is 3.60. The van der Waals surface area contributed by atoms with Gasteiger partial charge in [-0.2, -0.15) is 4.98 Å². The zero-order chi connectivity index (χ0) is 19.3. The maximum Gasteiger partial charge on any atom is 0.332 e. The van der Waals surface area contributed by atoms with Crippen molar-refractivity contribution < 1.29 is 5.11 Å². The zero-order valence-corrected chi connectivity index (χ0v) is 15.6. The van der Waals surface area contributed by atoms with E-state index in [9.17, 15) is 14.7 Å². The van der Waals surface area contributed by atoms with Crippen LogP contribution in [0.15, 0.2) is 40.1 Å². The predicted octanol–water partition coefficient (Wildman–Crippen LogP) is 1.15. The average Bonchev–Trinajstić information content (AvgIpc) is 3.14. The summed E-state index contributed by atoms with van der Waals surface area (Å²) in [5.41, 5.74) is 1.40. The lowest BCUT2D eigenvalue weighted by atomic mass is 10.2. The number of rotatable bonds is 4. The summed E-state index contributed by atoms with van der Waals surface area (Å²) in [6.45, 7) is 2.30. The SMILES string of the molecule is Cc1cn2c3c(=O)n(Cc4cccc(Cl)c4)c(=O)n(C)c3nc2n1CCO. The molecule has 1 N–H and O–H groups in total. The molecule has 0 amide bonds. The van der Waals surface area contributed by atoms with Crippen molar-refractivity contribution in [3.8, 4) is 0 Å². The summed E-state index contributed by atoms with van der Waals surface area (Å²) in [5.74, 6) is 0.518. The van der Waals surface area contributed by atoms with E-state index in [2.05, 4.69) is 4.98 Å². The highest BCUT2D eigenvalue weighted by molar-refractivity contribution is 6.30. The van der Waals surface area contributed by atoms with Crippen molar-refractivity contribution in [3.63, 3.8) is 0 Å². The van der Waals surface area contributed by atoms with Crippen LogP contribution in [0, 0.1) is 6.92 Å². The molecule has 4 rings (SSSR count). The maximum atomic E-state index is 13.1. The Labute approximate surface area is 158 Å². The predicted molar refractivity (Wildman–Crippen MR) is 103 cm³/mol. The van der Waals surface area contributed by atoms with Gasteiger partial charge < -0.3 is 9.67 Å². The van der Waals surface area contributed by atoms with Crippen LogP contribution in [0.1, 0.15) is 11.3 Å². The Bertz CT molecular complexity index is 1290. The van der Waals surface area contributed by atoms with Gasteiger partial charge in [0.25, 0.3) is 5.56 Å². The minimum absolute atomic E-state index is 0.0493. The van der Waals surface area contributed by atoms with E-state index < -0.39 is 11.2 Å². The van der Waals surface area contributed by atoms with Crippen LogP contribution in [0.3, 0.4) is 0 Å². The van der Waals surface area contributed by atoms with Crippen LogP contribution in [0.25, 0.3) is 16.9 Å². The molecule has 3 heterocycles. The molecule has 0 unspecified atom stereocenters. The molecule has 9 heteroatoms. The summed E-state index contributed by atoms with van der Waals surface area (Å²) in [7, 11) is 1.59. The average molecular weight is 388 g/mol. The fraction of sp³-hybridized carbons (Fsp3) is 0.278. The van der Waals surface area contributed by atoms with Crippen LogP contribution in [-0.4, -0.2) is 34.8 Å². The third-order valence-corrected chi connectivity index (χ3v) is 4.93. The lowest BCUT2D eigenvalue weighted by molar-refractivity contribution is 0.276. The van der Waals surface area contributed by atoms with Gasteiger partial charge in [-0.1, -0.05) is 23.7 Å². The number of hydrogen-bond acceptors (Lipinski definition) is 4. The van der Waals surface area contributed by atoms with Gasteiger partial charge in [0.15, 0.2) is 11.2 Å². The van der Waals surface area contributed by atoms with Gasteiger partial charge in [0.05, 0.1) is 13.2 Å². The van der Waals surface area contributed by atoms with E-state index >= 15 is 0 Å². The molecule has 0 spiro atoms. The lowest BCUT2D eigenvalue weighted by Gasteiger charge is -2.08. The van der Waals surface area contributed by atoms with Crippen LogP contribution in [0.4, 0.5) is 0 Å². The molecular formula is C18H18ClN5O3. The first-order chi connectivity index (χ1) is 12.9. The molecular weight excluding hydrogens is 370 g/mol. The van der Waals surface area contributed by atoms with E-state index in [1.165, 1.54) is 9.13 Å². The second-order valence-corrected chi connectivity index (χ2v) is 6.90. The molecule has 0 aliphatic heterocycles. The number of aryl methyl sites for hydroxylation is 2. The number of halogens is 1. The smallest absolute Gasteiger partial charge is 0.332 e. The van der Waals surface area contributed by atoms with Crippen LogP contribution in [-0.2, 0) is 20.1 Å². The van der Waals surface area contributed by atoms with Crippen LogP contribution >= 0.6 is 11.6 Å². The summed E-state index contributed by atoms with van der Waals surface area (Å²) in [6, 6.07) is 7.06. The van der Waals surface area contributed by atoms with Crippen molar-refractivity contribution in [2.24, 2.45) is 7.05 Å². The fourth-order valence-electron chi connectivity index (χ4n) is 3.39. The minimum atomic E-state index is -0.446. The van der Waals surface area contributed by atoms with Gasteiger partial charge in [-0.3, -0.25) is 18.3 Å². The molecule has 1 aromatic carbocycles. The molecule has 140 valence electrons. The largest absolute Gasteiger partial charge is 0.395 e. The third kappa shape index (κ3) is 2.68. The van der Waals surface area contributed by atoms with Crippen LogP contribution in [0.2, 0.25) is 5.02 Å².